The molecular formula is C22H21BrClN3O5. The van der Waals surface area contributed by atoms with Crippen LogP contribution in [0.25, 0.3) is 10.9 Å². The second-order valence-corrected chi connectivity index (χ2v) is 8.04. The van der Waals surface area contributed by atoms with Gasteiger partial charge in [0.2, 0.25) is 0 Å². The number of rotatable bonds is 8. The summed E-state index contributed by atoms with van der Waals surface area (Å²) >= 11 is 9.59. The van der Waals surface area contributed by atoms with Crippen LogP contribution in [-0.4, -0.2) is 42.7 Å². The van der Waals surface area contributed by atoms with Gasteiger partial charge in [-0.15, -0.1) is 0 Å². The molecule has 1 heterocycles. The van der Waals surface area contributed by atoms with Crippen molar-refractivity contribution in [3.8, 4) is 11.5 Å². The van der Waals surface area contributed by atoms with Gasteiger partial charge in [0.25, 0.3) is 5.56 Å². The van der Waals surface area contributed by atoms with Crippen molar-refractivity contribution >= 4 is 50.6 Å². The fraction of sp³-hybridized carbons (Fsp3) is 0.273. The van der Waals surface area contributed by atoms with Gasteiger partial charge in [0.15, 0.2) is 18.1 Å². The van der Waals surface area contributed by atoms with Gasteiger partial charge in [-0.25, -0.2) is 9.78 Å². The number of benzene rings is 2. The lowest BCUT2D eigenvalue weighted by atomic mass is 10.2. The number of carbonyl (C=O) groups is 1. The third-order valence-electron chi connectivity index (χ3n) is 4.49. The monoisotopic (exact) mass is 521 g/mol. The molecule has 3 aromatic rings. The Hall–Kier alpha value is -2.91. The third-order valence-corrected chi connectivity index (χ3v) is 5.20. The van der Waals surface area contributed by atoms with Crippen molar-refractivity contribution in [2.24, 2.45) is 5.10 Å². The first-order chi connectivity index (χ1) is 15.4. The summed E-state index contributed by atoms with van der Waals surface area (Å²) in [7, 11) is 2.71. The maximum absolute atomic E-state index is 13.2. The molecule has 32 heavy (non-hydrogen) atoms. The summed E-state index contributed by atoms with van der Waals surface area (Å²) in [6.07, 6.45) is 2.76. The van der Waals surface area contributed by atoms with Gasteiger partial charge in [-0.1, -0.05) is 34.5 Å². The van der Waals surface area contributed by atoms with Crippen molar-refractivity contribution in [1.82, 2.24) is 9.66 Å². The molecule has 0 N–H and O–H groups in total. The first kappa shape index (κ1) is 23.7. The summed E-state index contributed by atoms with van der Waals surface area (Å²) in [6.45, 7) is 1.66. The van der Waals surface area contributed by atoms with Crippen LogP contribution >= 0.6 is 27.5 Å². The van der Waals surface area contributed by atoms with Gasteiger partial charge in [-0.2, -0.15) is 9.78 Å². The van der Waals surface area contributed by atoms with Crippen LogP contribution in [0, 0.1) is 0 Å². The molecule has 0 saturated carbocycles. The predicted octanol–water partition coefficient (Wildman–Crippen LogP) is 4.21. The SMILES string of the molecule is CCCc1nc2ccc(Br)cc2c(=O)n1N=Cc1cc(Cl)cc(OC)c1OCC(=O)OC. The van der Waals surface area contributed by atoms with Crippen molar-refractivity contribution in [1.29, 1.82) is 0 Å². The molecule has 2 aromatic carbocycles. The maximum Gasteiger partial charge on any atom is 0.343 e. The number of esters is 1. The first-order valence-electron chi connectivity index (χ1n) is 9.70. The van der Waals surface area contributed by atoms with E-state index >= 15 is 0 Å². The number of hydrogen-bond acceptors (Lipinski definition) is 7. The van der Waals surface area contributed by atoms with Gasteiger partial charge in [0.05, 0.1) is 31.3 Å². The quantitative estimate of drug-likeness (QED) is 0.325. The van der Waals surface area contributed by atoms with Gasteiger partial charge >= 0.3 is 5.97 Å². The van der Waals surface area contributed by atoms with E-state index in [0.717, 1.165) is 10.9 Å². The summed E-state index contributed by atoms with van der Waals surface area (Å²) in [5.74, 6) is 0.516. The van der Waals surface area contributed by atoms with E-state index in [2.05, 4.69) is 30.8 Å². The number of hydrogen-bond donors (Lipinski definition) is 0. The molecule has 0 bridgehead atoms. The van der Waals surface area contributed by atoms with E-state index < -0.39 is 5.97 Å². The normalized spacial score (nSPS) is 11.2. The molecule has 0 atom stereocenters. The molecule has 0 fully saturated rings. The molecule has 8 nitrogen and oxygen atoms in total. The number of halogens is 2. The van der Waals surface area contributed by atoms with Crippen molar-refractivity contribution in [2.45, 2.75) is 19.8 Å². The summed E-state index contributed by atoms with van der Waals surface area (Å²) in [6, 6.07) is 8.47. The summed E-state index contributed by atoms with van der Waals surface area (Å²) in [5, 5.41) is 5.19. The standard InChI is InChI=1S/C22H21BrClN3O5/c1-4-5-19-26-17-7-6-14(23)9-16(17)22(29)27(19)25-11-13-8-15(24)10-18(30-2)21(13)32-12-20(28)31-3/h6-11H,4-5,12H2,1-3H3. The number of nitrogens with zero attached hydrogens (tertiary/aromatic N) is 3. The molecule has 0 aliphatic heterocycles. The second-order valence-electron chi connectivity index (χ2n) is 6.69. The molecule has 3 rings (SSSR count). The van der Waals surface area contributed by atoms with E-state index in [9.17, 15) is 9.59 Å². The number of fused-ring (bicyclic) bond motifs is 1. The molecule has 0 aliphatic rings. The van der Waals surface area contributed by atoms with E-state index in [1.165, 1.54) is 25.1 Å². The lowest BCUT2D eigenvalue weighted by Crippen LogP contribution is -2.22. The summed E-state index contributed by atoms with van der Waals surface area (Å²) < 4.78 is 17.6. The third kappa shape index (κ3) is 5.28. The Kier molecular flexibility index (Phi) is 7.87. The van der Waals surface area contributed by atoms with Gasteiger partial charge in [0.1, 0.15) is 5.82 Å². The van der Waals surface area contributed by atoms with Crippen molar-refractivity contribution in [3.05, 3.63) is 61.6 Å². The summed E-state index contributed by atoms with van der Waals surface area (Å²) in [5.41, 5.74) is 0.712. The molecule has 0 spiro atoms. The average Bonchev–Trinajstić information content (AvgIpc) is 2.78. The highest BCUT2D eigenvalue weighted by molar-refractivity contribution is 9.10. The maximum atomic E-state index is 13.2. The largest absolute Gasteiger partial charge is 0.493 e. The van der Waals surface area contributed by atoms with Crippen LogP contribution in [0.15, 0.2) is 44.7 Å². The zero-order valence-electron chi connectivity index (χ0n) is 17.7. The zero-order valence-corrected chi connectivity index (χ0v) is 20.1. The minimum atomic E-state index is -0.560. The molecule has 168 valence electrons. The Balaban J connectivity index is 2.13. The summed E-state index contributed by atoms with van der Waals surface area (Å²) in [4.78, 5) is 29.3. The smallest absolute Gasteiger partial charge is 0.343 e. The van der Waals surface area contributed by atoms with Gasteiger partial charge in [-0.3, -0.25) is 4.79 Å². The minimum absolute atomic E-state index is 0.243. The van der Waals surface area contributed by atoms with Crippen molar-refractivity contribution in [3.63, 3.8) is 0 Å². The Morgan fingerprint density at radius 3 is 2.75 bits per heavy atom. The topological polar surface area (TPSA) is 92.0 Å². The Bertz CT molecular complexity index is 1240. The average molecular weight is 523 g/mol. The zero-order chi connectivity index (χ0) is 23.3. The Morgan fingerprint density at radius 1 is 1.28 bits per heavy atom. The minimum Gasteiger partial charge on any atom is -0.493 e. The highest BCUT2D eigenvalue weighted by Gasteiger charge is 2.15. The molecule has 0 saturated heterocycles. The molecule has 0 radical (unpaired) electrons. The van der Waals surface area contributed by atoms with Gasteiger partial charge in [-0.05, 0) is 30.7 Å². The van der Waals surface area contributed by atoms with E-state index in [1.54, 1.807) is 24.3 Å². The molecule has 1 aromatic heterocycles. The number of ether oxygens (including phenoxy) is 3. The van der Waals surface area contributed by atoms with Crippen LogP contribution in [0.3, 0.4) is 0 Å². The van der Waals surface area contributed by atoms with E-state index in [1.807, 2.05) is 13.0 Å². The Labute approximate surface area is 197 Å². The van der Waals surface area contributed by atoms with Crippen LogP contribution in [0.5, 0.6) is 11.5 Å². The predicted molar refractivity (Wildman–Crippen MR) is 126 cm³/mol. The number of methoxy groups -OCH3 is 2. The molecule has 0 aliphatic carbocycles. The van der Waals surface area contributed by atoms with Crippen molar-refractivity contribution in [2.75, 3.05) is 20.8 Å². The molecule has 10 heteroatoms. The number of carbonyl (C=O) groups excluding carboxylic acids is 1. The van der Waals surface area contributed by atoms with Crippen LogP contribution in [0.2, 0.25) is 5.02 Å². The van der Waals surface area contributed by atoms with Gasteiger partial charge in [0, 0.05) is 27.5 Å². The lowest BCUT2D eigenvalue weighted by molar-refractivity contribution is -0.142. The van der Waals surface area contributed by atoms with Crippen LogP contribution in [0.1, 0.15) is 24.7 Å². The fourth-order valence-electron chi connectivity index (χ4n) is 3.00. The first-order valence-corrected chi connectivity index (χ1v) is 10.9. The molecule has 0 unspecified atom stereocenters. The highest BCUT2D eigenvalue weighted by Crippen LogP contribution is 2.34. The molecule has 0 amide bonds. The van der Waals surface area contributed by atoms with E-state index in [-0.39, 0.29) is 17.9 Å². The lowest BCUT2D eigenvalue weighted by Gasteiger charge is -2.13. The van der Waals surface area contributed by atoms with Crippen LogP contribution in [0.4, 0.5) is 0 Å². The van der Waals surface area contributed by atoms with Gasteiger partial charge < -0.3 is 14.2 Å². The highest BCUT2D eigenvalue weighted by atomic mass is 79.9. The fourth-order valence-corrected chi connectivity index (χ4v) is 3.58. The van der Waals surface area contributed by atoms with Crippen LogP contribution < -0.4 is 15.0 Å². The Morgan fingerprint density at radius 2 is 2.06 bits per heavy atom. The van der Waals surface area contributed by atoms with E-state index in [4.69, 9.17) is 21.1 Å². The molecular weight excluding hydrogens is 502 g/mol. The van der Waals surface area contributed by atoms with Crippen molar-refractivity contribution < 1.29 is 19.0 Å². The second kappa shape index (κ2) is 10.6. The van der Waals surface area contributed by atoms with E-state index in [0.29, 0.717) is 39.5 Å². The van der Waals surface area contributed by atoms with Crippen LogP contribution in [-0.2, 0) is 16.0 Å². The number of aryl methyl sites for hydroxylation is 1. The number of aromatic nitrogens is 2.